The number of carboxylic acids is 1. The van der Waals surface area contributed by atoms with E-state index in [1.807, 2.05) is 0 Å². The van der Waals surface area contributed by atoms with E-state index in [9.17, 15) is 19.8 Å². The van der Waals surface area contributed by atoms with Crippen LogP contribution in [0.15, 0.2) is 0 Å². The van der Waals surface area contributed by atoms with Crippen molar-refractivity contribution in [1.29, 1.82) is 0 Å². The van der Waals surface area contributed by atoms with Crippen LogP contribution in [0.4, 0.5) is 0 Å². The molecule has 10 unspecified atom stereocenters. The molecule has 4 aliphatic carbocycles. The number of rotatable bonds is 4. The number of carboxylic acid groups (broad SMARTS) is 1. The molecule has 30 heavy (non-hydrogen) atoms. The number of carbonyl (C=O) groups is 2. The monoisotopic (exact) mass is 436 g/mol. The van der Waals surface area contributed by atoms with Gasteiger partial charge in [-0.05, 0) is 98.7 Å². The quantitative estimate of drug-likeness (QED) is 0.543. The highest BCUT2D eigenvalue weighted by atomic mass is 32.1. The van der Waals surface area contributed by atoms with E-state index in [2.05, 4.69) is 33.4 Å². The Labute approximate surface area is 187 Å². The van der Waals surface area contributed by atoms with E-state index < -0.39 is 10.7 Å². The summed E-state index contributed by atoms with van der Waals surface area (Å²) in [6, 6.07) is 0. The summed E-state index contributed by atoms with van der Waals surface area (Å²) in [6.45, 7) is 8.71. The fourth-order valence-electron chi connectivity index (χ4n) is 8.74. The Bertz CT molecular complexity index is 720. The van der Waals surface area contributed by atoms with Crippen molar-refractivity contribution in [2.45, 2.75) is 96.3 Å². The number of carbonyl (C=O) groups excluding carboxylic acids is 1. The molecule has 0 radical (unpaired) electrons. The summed E-state index contributed by atoms with van der Waals surface area (Å²) in [5.41, 5.74) is 0.311. The summed E-state index contributed by atoms with van der Waals surface area (Å²) in [7, 11) is 0. The molecule has 0 bridgehead atoms. The first-order valence-corrected chi connectivity index (χ1v) is 12.5. The van der Waals surface area contributed by atoms with E-state index in [-0.39, 0.29) is 28.8 Å². The summed E-state index contributed by atoms with van der Waals surface area (Å²) in [5.74, 6) is 1.74. The molecule has 4 aliphatic rings. The van der Waals surface area contributed by atoms with Crippen LogP contribution in [0.25, 0.3) is 0 Å². The Balaban J connectivity index is 1.57. The minimum Gasteiger partial charge on any atom is -0.480 e. The van der Waals surface area contributed by atoms with Crippen LogP contribution in [0.3, 0.4) is 0 Å². The van der Waals surface area contributed by atoms with E-state index in [1.54, 1.807) is 6.92 Å². The van der Waals surface area contributed by atoms with Crippen LogP contribution in [-0.2, 0) is 9.59 Å². The van der Waals surface area contributed by atoms with Crippen molar-refractivity contribution in [2.75, 3.05) is 0 Å². The number of hydrogen-bond donors (Lipinski definition) is 3. The molecule has 170 valence electrons. The summed E-state index contributed by atoms with van der Waals surface area (Å²) >= 11 is 4.44. The molecule has 0 aliphatic heterocycles. The zero-order valence-electron chi connectivity index (χ0n) is 19.1. The summed E-state index contributed by atoms with van der Waals surface area (Å²) in [4.78, 5) is 25.1. The lowest BCUT2D eigenvalue weighted by molar-refractivity contribution is -0.160. The lowest BCUT2D eigenvalue weighted by Gasteiger charge is -2.60. The highest BCUT2D eigenvalue weighted by Crippen LogP contribution is 2.67. The van der Waals surface area contributed by atoms with Crippen LogP contribution in [0.2, 0.25) is 0 Å². The first kappa shape index (κ1) is 22.6. The maximum absolute atomic E-state index is 13.4. The van der Waals surface area contributed by atoms with E-state index in [0.717, 1.165) is 44.9 Å². The third-order valence-corrected chi connectivity index (χ3v) is 10.8. The summed E-state index contributed by atoms with van der Waals surface area (Å²) in [6.07, 6.45) is 8.14. The molecule has 0 heterocycles. The van der Waals surface area contributed by atoms with Gasteiger partial charge in [-0.25, -0.2) is 0 Å². The third kappa shape index (κ3) is 3.37. The van der Waals surface area contributed by atoms with Crippen molar-refractivity contribution in [3.05, 3.63) is 0 Å². The molecule has 5 heteroatoms. The molecule has 0 spiro atoms. The molecule has 0 aromatic heterocycles. The minimum atomic E-state index is -1.00. The number of fused-ring (bicyclic) bond motifs is 5. The molecule has 0 aromatic carbocycles. The number of aliphatic hydroxyl groups is 1. The smallest absolute Gasteiger partial charge is 0.319 e. The second kappa shape index (κ2) is 7.50. The van der Waals surface area contributed by atoms with Crippen LogP contribution in [0.1, 0.15) is 85.5 Å². The van der Waals surface area contributed by atoms with Gasteiger partial charge in [0.1, 0.15) is 10.5 Å². The predicted molar refractivity (Wildman–Crippen MR) is 120 cm³/mol. The van der Waals surface area contributed by atoms with Crippen LogP contribution in [-0.4, -0.2) is 32.8 Å². The average molecular weight is 437 g/mol. The fraction of sp³-hybridized carbons (Fsp3) is 0.920. The van der Waals surface area contributed by atoms with Crippen molar-refractivity contribution in [3.8, 4) is 0 Å². The maximum atomic E-state index is 13.4. The molecule has 4 fully saturated rings. The number of aliphatic carboxylic acids is 1. The number of ketones is 1. The average Bonchev–Trinajstić information content (AvgIpc) is 3.00. The van der Waals surface area contributed by atoms with Gasteiger partial charge in [0.2, 0.25) is 0 Å². The molecule has 4 saturated carbocycles. The lowest BCUT2D eigenvalue weighted by atomic mass is 9.44. The molecule has 10 atom stereocenters. The molecule has 0 aromatic rings. The molecule has 0 amide bonds. The lowest BCUT2D eigenvalue weighted by Crippen LogP contribution is -2.57. The van der Waals surface area contributed by atoms with Crippen molar-refractivity contribution in [3.63, 3.8) is 0 Å². The van der Waals surface area contributed by atoms with Gasteiger partial charge in [0.15, 0.2) is 0 Å². The van der Waals surface area contributed by atoms with Crippen molar-refractivity contribution < 1.29 is 19.8 Å². The molecule has 0 saturated heterocycles. The maximum Gasteiger partial charge on any atom is 0.319 e. The van der Waals surface area contributed by atoms with Crippen molar-refractivity contribution in [2.24, 2.45) is 46.3 Å². The molecule has 4 nitrogen and oxygen atoms in total. The molecule has 4 rings (SSSR count). The first-order valence-electron chi connectivity index (χ1n) is 12.1. The summed E-state index contributed by atoms with van der Waals surface area (Å²) in [5, 5.41) is 19.7. The Kier molecular flexibility index (Phi) is 5.66. The standard InChI is InChI=1S/C25H40O4S/c1-14(13-25(4,30)22(28)29)17-5-6-18-21-19(8-10-24(17,18)3)23(2)9-7-16(26)11-15(23)12-20(21)27/h14-19,21,26,30H,5-13H2,1-4H3,(H,28,29). The van der Waals surface area contributed by atoms with Gasteiger partial charge >= 0.3 is 5.97 Å². The van der Waals surface area contributed by atoms with Crippen molar-refractivity contribution >= 4 is 24.4 Å². The second-order valence-electron chi connectivity index (χ2n) is 12.0. The molecule has 2 N–H and O–H groups in total. The van der Waals surface area contributed by atoms with Crippen LogP contribution in [0, 0.1) is 46.3 Å². The molecular formula is C25H40O4S. The molecular weight excluding hydrogens is 396 g/mol. The van der Waals surface area contributed by atoms with Crippen LogP contribution < -0.4 is 0 Å². The van der Waals surface area contributed by atoms with Gasteiger partial charge in [-0.3, -0.25) is 9.59 Å². The normalized spacial score (nSPS) is 48.8. The Hall–Kier alpha value is -0.550. The fourth-order valence-corrected chi connectivity index (χ4v) is 9.03. The Morgan fingerprint density at radius 1 is 1.17 bits per heavy atom. The van der Waals surface area contributed by atoms with Gasteiger partial charge in [-0.15, -0.1) is 0 Å². The minimum absolute atomic E-state index is 0.121. The largest absolute Gasteiger partial charge is 0.480 e. The Morgan fingerprint density at radius 2 is 1.80 bits per heavy atom. The van der Waals surface area contributed by atoms with Gasteiger partial charge in [0.05, 0.1) is 6.10 Å². The van der Waals surface area contributed by atoms with Gasteiger partial charge in [-0.1, -0.05) is 20.8 Å². The Morgan fingerprint density at radius 3 is 2.47 bits per heavy atom. The van der Waals surface area contributed by atoms with E-state index in [1.165, 1.54) is 0 Å². The van der Waals surface area contributed by atoms with E-state index >= 15 is 0 Å². The van der Waals surface area contributed by atoms with Crippen LogP contribution in [0.5, 0.6) is 0 Å². The zero-order valence-corrected chi connectivity index (χ0v) is 20.0. The zero-order chi connectivity index (χ0) is 22.1. The number of Topliss-reactive ketones (excluding diaryl/α,β-unsaturated/α-hetero) is 1. The highest BCUT2D eigenvalue weighted by molar-refractivity contribution is 7.82. The number of thiol groups is 1. The van der Waals surface area contributed by atoms with Gasteiger partial charge in [0, 0.05) is 12.3 Å². The highest BCUT2D eigenvalue weighted by Gasteiger charge is 2.63. The van der Waals surface area contributed by atoms with Crippen molar-refractivity contribution in [1.82, 2.24) is 0 Å². The van der Waals surface area contributed by atoms with E-state index in [0.29, 0.717) is 42.3 Å². The SMILES string of the molecule is CC(CC(C)(S)C(=O)O)C1CCC2C3C(=O)CC4CC(O)CCC4(C)C3CCC12C. The number of hydrogen-bond acceptors (Lipinski definition) is 4. The second-order valence-corrected chi connectivity index (χ2v) is 13.0. The van der Waals surface area contributed by atoms with Gasteiger partial charge in [-0.2, -0.15) is 12.6 Å². The van der Waals surface area contributed by atoms with Crippen LogP contribution >= 0.6 is 12.6 Å². The predicted octanol–water partition coefficient (Wildman–Crippen LogP) is 4.98. The first-order chi connectivity index (χ1) is 13.9. The number of aliphatic hydroxyl groups excluding tert-OH is 1. The van der Waals surface area contributed by atoms with E-state index in [4.69, 9.17) is 0 Å². The third-order valence-electron chi connectivity index (χ3n) is 10.4. The van der Waals surface area contributed by atoms with Gasteiger partial charge < -0.3 is 10.2 Å². The van der Waals surface area contributed by atoms with Gasteiger partial charge in [0.25, 0.3) is 0 Å². The summed E-state index contributed by atoms with van der Waals surface area (Å²) < 4.78 is -1.00. The topological polar surface area (TPSA) is 74.6 Å².